The fraction of sp³-hybridized carbons (Fsp3) is 0.542. The van der Waals surface area contributed by atoms with Crippen LogP contribution < -0.4 is 10.6 Å². The van der Waals surface area contributed by atoms with Crippen molar-refractivity contribution in [1.82, 2.24) is 15.5 Å². The van der Waals surface area contributed by atoms with Crippen LogP contribution in [-0.2, 0) is 14.3 Å². The molecule has 0 aliphatic heterocycles. The lowest BCUT2D eigenvalue weighted by Crippen LogP contribution is -2.51. The molecule has 0 fully saturated rings. The highest BCUT2D eigenvalue weighted by Crippen LogP contribution is 2.25. The van der Waals surface area contributed by atoms with E-state index in [4.69, 9.17) is 11.2 Å². The highest BCUT2D eigenvalue weighted by Gasteiger charge is 2.35. The molecule has 9 heteroatoms. The smallest absolute Gasteiger partial charge is 0.408 e. The summed E-state index contributed by atoms with van der Waals surface area (Å²) in [6, 6.07) is 6.17. The third-order valence-corrected chi connectivity index (χ3v) is 5.14. The Hall–Kier alpha value is -2.86. The lowest BCUT2D eigenvalue weighted by atomic mass is 10.0. The average Bonchev–Trinajstić information content (AvgIpc) is 2.73. The molecule has 0 aliphatic carbocycles. The number of ether oxygens (including phenoxy) is 1. The van der Waals surface area contributed by atoms with E-state index in [1.807, 2.05) is 13.2 Å². The Kier molecular flexibility index (Phi) is 11.6. The van der Waals surface area contributed by atoms with E-state index in [1.165, 1.54) is 23.9 Å². The topological polar surface area (TPSA) is 108 Å². The monoisotopic (exact) mass is 477 g/mol. The number of rotatable bonds is 11. The van der Waals surface area contributed by atoms with Gasteiger partial charge >= 0.3 is 6.09 Å². The number of amides is 3. The number of unbranched alkanes of at least 4 members (excludes halogenated alkanes) is 1. The van der Waals surface area contributed by atoms with E-state index in [9.17, 15) is 19.5 Å². The molecule has 0 bridgehead atoms. The van der Waals surface area contributed by atoms with Crippen LogP contribution in [0.5, 0.6) is 5.75 Å². The second-order valence-corrected chi connectivity index (χ2v) is 9.45. The van der Waals surface area contributed by atoms with E-state index >= 15 is 0 Å². The third-order valence-electron chi connectivity index (χ3n) is 4.50. The quantitative estimate of drug-likeness (QED) is 0.256. The Morgan fingerprint density at radius 2 is 2.00 bits per heavy atom. The highest BCUT2D eigenvalue weighted by molar-refractivity contribution is 7.98. The van der Waals surface area contributed by atoms with Gasteiger partial charge in [-0.25, -0.2) is 4.79 Å². The van der Waals surface area contributed by atoms with Crippen molar-refractivity contribution in [1.29, 1.82) is 0 Å². The van der Waals surface area contributed by atoms with E-state index in [0.29, 0.717) is 24.3 Å². The van der Waals surface area contributed by atoms with Crippen LogP contribution in [-0.4, -0.2) is 58.1 Å². The van der Waals surface area contributed by atoms with Crippen molar-refractivity contribution < 1.29 is 24.2 Å². The molecule has 33 heavy (non-hydrogen) atoms. The Labute approximate surface area is 200 Å². The van der Waals surface area contributed by atoms with Gasteiger partial charge in [0.15, 0.2) is 0 Å². The lowest BCUT2D eigenvalue weighted by molar-refractivity contribution is -0.138. The van der Waals surface area contributed by atoms with Crippen LogP contribution in [0.25, 0.3) is 0 Å². The van der Waals surface area contributed by atoms with Gasteiger partial charge in [0.2, 0.25) is 5.91 Å². The van der Waals surface area contributed by atoms with Gasteiger partial charge in [0.25, 0.3) is 5.91 Å². The highest BCUT2D eigenvalue weighted by atomic mass is 32.2. The van der Waals surface area contributed by atoms with E-state index in [-0.39, 0.29) is 5.75 Å². The van der Waals surface area contributed by atoms with Crippen LogP contribution >= 0.6 is 11.8 Å². The van der Waals surface area contributed by atoms with Gasteiger partial charge in [-0.15, -0.1) is 0 Å². The van der Waals surface area contributed by atoms with Crippen LogP contribution in [0.15, 0.2) is 24.3 Å². The van der Waals surface area contributed by atoms with Gasteiger partial charge in [-0.1, -0.05) is 31.9 Å². The SMILES string of the molecule is C#CN(C(=O)C(CCSC)NC(=O)OC(C)(C)C)C(C(=O)NCCCC)c1cccc(O)c1. The fourth-order valence-corrected chi connectivity index (χ4v) is 3.45. The Balaban J connectivity index is 3.28. The summed E-state index contributed by atoms with van der Waals surface area (Å²) in [5, 5.41) is 15.3. The van der Waals surface area contributed by atoms with Crippen molar-refractivity contribution in [2.75, 3.05) is 18.6 Å². The largest absolute Gasteiger partial charge is 0.508 e. The third kappa shape index (κ3) is 9.66. The molecule has 1 rings (SSSR count). The molecule has 0 aliphatic rings. The van der Waals surface area contributed by atoms with Gasteiger partial charge in [-0.2, -0.15) is 11.8 Å². The summed E-state index contributed by atoms with van der Waals surface area (Å²) in [6.45, 7) is 7.57. The molecule has 8 nitrogen and oxygen atoms in total. The Morgan fingerprint density at radius 1 is 1.30 bits per heavy atom. The molecule has 0 aromatic heterocycles. The van der Waals surface area contributed by atoms with Crippen molar-refractivity contribution >= 4 is 29.7 Å². The predicted octanol–water partition coefficient (Wildman–Crippen LogP) is 3.42. The van der Waals surface area contributed by atoms with Crippen LogP contribution in [0.1, 0.15) is 58.6 Å². The summed E-state index contributed by atoms with van der Waals surface area (Å²) in [6.07, 6.45) is 8.77. The first-order valence-electron chi connectivity index (χ1n) is 10.9. The number of carbonyl (C=O) groups is 3. The normalized spacial score (nSPS) is 12.7. The fourth-order valence-electron chi connectivity index (χ4n) is 2.97. The van der Waals surface area contributed by atoms with Crippen molar-refractivity contribution in [3.05, 3.63) is 29.8 Å². The molecule has 3 amide bonds. The molecule has 2 atom stereocenters. The molecule has 3 N–H and O–H groups in total. The first-order valence-corrected chi connectivity index (χ1v) is 12.3. The summed E-state index contributed by atoms with van der Waals surface area (Å²) in [7, 11) is 0. The lowest BCUT2D eigenvalue weighted by Gasteiger charge is -2.30. The Morgan fingerprint density at radius 3 is 2.55 bits per heavy atom. The van der Waals surface area contributed by atoms with Gasteiger partial charge < -0.3 is 20.5 Å². The molecule has 182 valence electrons. The maximum atomic E-state index is 13.5. The number of thioether (sulfide) groups is 1. The molecule has 0 saturated carbocycles. The van der Waals surface area contributed by atoms with E-state index in [2.05, 4.69) is 16.7 Å². The van der Waals surface area contributed by atoms with Crippen LogP contribution in [0, 0.1) is 12.5 Å². The number of phenolic OH excluding ortho intramolecular Hbond substituents is 1. The number of phenols is 1. The van der Waals surface area contributed by atoms with Crippen LogP contribution in [0.3, 0.4) is 0 Å². The zero-order valence-corrected chi connectivity index (χ0v) is 20.8. The molecule has 0 radical (unpaired) electrons. The molecular formula is C24H35N3O5S. The van der Waals surface area contributed by atoms with Crippen molar-refractivity contribution in [2.45, 2.75) is 64.6 Å². The minimum absolute atomic E-state index is 0.0610. The molecule has 1 aromatic carbocycles. The standard InChI is InChI=1S/C24H35N3O5S/c1-7-9-14-25-21(29)20(17-11-10-12-18(28)16-17)27(8-2)22(30)19(13-15-33-6)26-23(31)32-24(3,4)5/h2,10-12,16,19-20,28H,7,9,13-15H2,1,3-6H3,(H,25,29)(H,26,31). The number of terminal acetylenes is 1. The van der Waals surface area contributed by atoms with Crippen LogP contribution in [0.2, 0.25) is 0 Å². The second-order valence-electron chi connectivity index (χ2n) is 8.46. The number of nitrogens with one attached hydrogen (secondary N) is 2. The summed E-state index contributed by atoms with van der Waals surface area (Å²) in [5.41, 5.74) is -0.386. The molecule has 0 heterocycles. The minimum atomic E-state index is -1.18. The molecule has 0 spiro atoms. The second kappa shape index (κ2) is 13.6. The summed E-state index contributed by atoms with van der Waals surface area (Å²) >= 11 is 1.51. The van der Waals surface area contributed by atoms with Gasteiger partial charge in [-0.05, 0) is 63.3 Å². The minimum Gasteiger partial charge on any atom is -0.508 e. The van der Waals surface area contributed by atoms with E-state index in [1.54, 1.807) is 32.9 Å². The zero-order valence-electron chi connectivity index (χ0n) is 20.0. The molecule has 2 unspecified atom stereocenters. The van der Waals surface area contributed by atoms with Crippen molar-refractivity contribution in [3.63, 3.8) is 0 Å². The molecule has 1 aromatic rings. The summed E-state index contributed by atoms with van der Waals surface area (Å²) < 4.78 is 5.29. The predicted molar refractivity (Wildman–Crippen MR) is 131 cm³/mol. The summed E-state index contributed by atoms with van der Waals surface area (Å²) in [5.74, 6) is -0.573. The zero-order chi connectivity index (χ0) is 25.0. The van der Waals surface area contributed by atoms with E-state index in [0.717, 1.165) is 17.7 Å². The summed E-state index contributed by atoms with van der Waals surface area (Å²) in [4.78, 5) is 39.9. The molecular weight excluding hydrogens is 442 g/mol. The van der Waals surface area contributed by atoms with Gasteiger partial charge in [0, 0.05) is 12.6 Å². The Bertz CT molecular complexity index is 847. The van der Waals surface area contributed by atoms with Gasteiger partial charge in [-0.3, -0.25) is 14.5 Å². The van der Waals surface area contributed by atoms with Gasteiger partial charge in [0.05, 0.1) is 0 Å². The first kappa shape index (κ1) is 28.2. The number of carbonyl (C=O) groups excluding carboxylic acids is 3. The first-order chi connectivity index (χ1) is 15.5. The molecule has 0 saturated heterocycles. The van der Waals surface area contributed by atoms with E-state index < -0.39 is 35.6 Å². The number of benzene rings is 1. The van der Waals surface area contributed by atoms with Gasteiger partial charge in [0.1, 0.15) is 23.4 Å². The maximum Gasteiger partial charge on any atom is 0.408 e. The number of alkyl carbamates (subject to hydrolysis) is 1. The van der Waals surface area contributed by atoms with Crippen LogP contribution in [0.4, 0.5) is 4.79 Å². The average molecular weight is 478 g/mol. The number of hydrogen-bond acceptors (Lipinski definition) is 6. The van der Waals surface area contributed by atoms with Crippen molar-refractivity contribution in [2.24, 2.45) is 0 Å². The number of nitrogens with zero attached hydrogens (tertiary/aromatic N) is 1. The maximum absolute atomic E-state index is 13.5. The number of aromatic hydroxyl groups is 1. The number of hydrogen-bond donors (Lipinski definition) is 3. The van der Waals surface area contributed by atoms with Crippen molar-refractivity contribution in [3.8, 4) is 18.2 Å².